The molecule has 1 atom stereocenters. The van der Waals surface area contributed by atoms with Gasteiger partial charge in [0.25, 0.3) is 0 Å². The summed E-state index contributed by atoms with van der Waals surface area (Å²) in [7, 11) is 1.68. The molecule has 0 aliphatic carbocycles. The van der Waals surface area contributed by atoms with Crippen molar-refractivity contribution < 1.29 is 14.6 Å². The summed E-state index contributed by atoms with van der Waals surface area (Å²) >= 11 is 0. The van der Waals surface area contributed by atoms with Crippen LogP contribution in [-0.2, 0) is 9.53 Å². The summed E-state index contributed by atoms with van der Waals surface area (Å²) in [6, 6.07) is -0.528. The zero-order chi connectivity index (χ0) is 13.3. The molecule has 0 aromatic carbocycles. The molecule has 1 heterocycles. The number of nitrogens with one attached hydrogen (secondary N) is 1. The first-order valence-electron chi connectivity index (χ1n) is 5.98. The maximum Gasteiger partial charge on any atom is 0.322 e. The number of likely N-dealkylation sites (N-methyl/N-ethyl adjacent to an activating group) is 1. The lowest BCUT2D eigenvalue weighted by Gasteiger charge is -2.47. The van der Waals surface area contributed by atoms with Crippen molar-refractivity contribution in [3.8, 4) is 0 Å². The number of hydrogen-bond acceptors (Lipinski definition) is 4. The van der Waals surface area contributed by atoms with Crippen LogP contribution in [0.3, 0.4) is 0 Å². The van der Waals surface area contributed by atoms with Gasteiger partial charge in [-0.2, -0.15) is 0 Å². The lowest BCUT2D eigenvalue weighted by molar-refractivity contribution is -0.182. The molecule has 1 aliphatic rings. The van der Waals surface area contributed by atoms with Crippen molar-refractivity contribution in [2.24, 2.45) is 0 Å². The molecule has 5 nitrogen and oxygen atoms in total. The van der Waals surface area contributed by atoms with Crippen LogP contribution in [0.5, 0.6) is 0 Å². The van der Waals surface area contributed by atoms with E-state index in [1.165, 1.54) is 0 Å². The highest BCUT2D eigenvalue weighted by Crippen LogP contribution is 2.27. The SMILES string of the molecule is CNC(CN1CC(C)(C)OC(C)(C)C1)C(=O)O. The third kappa shape index (κ3) is 4.26. The van der Waals surface area contributed by atoms with Gasteiger partial charge in [0.1, 0.15) is 6.04 Å². The number of hydrogen-bond donors (Lipinski definition) is 2. The Morgan fingerprint density at radius 3 is 2.18 bits per heavy atom. The van der Waals surface area contributed by atoms with Gasteiger partial charge in [0, 0.05) is 19.6 Å². The number of carboxylic acid groups (broad SMARTS) is 1. The maximum absolute atomic E-state index is 11.0. The summed E-state index contributed by atoms with van der Waals surface area (Å²) in [5.41, 5.74) is -0.475. The highest BCUT2D eigenvalue weighted by Gasteiger charge is 2.39. The van der Waals surface area contributed by atoms with E-state index in [4.69, 9.17) is 9.84 Å². The summed E-state index contributed by atoms with van der Waals surface area (Å²) in [5, 5.41) is 11.9. The Bertz CT molecular complexity index is 273. The highest BCUT2D eigenvalue weighted by molar-refractivity contribution is 5.73. The Labute approximate surface area is 103 Å². The molecule has 1 rings (SSSR count). The van der Waals surface area contributed by atoms with Gasteiger partial charge in [0.2, 0.25) is 0 Å². The van der Waals surface area contributed by atoms with Crippen molar-refractivity contribution in [3.05, 3.63) is 0 Å². The molecular formula is C12H24N2O3. The molecule has 0 radical (unpaired) electrons. The van der Waals surface area contributed by atoms with Crippen molar-refractivity contribution in [2.45, 2.75) is 44.9 Å². The quantitative estimate of drug-likeness (QED) is 0.756. The van der Waals surface area contributed by atoms with Gasteiger partial charge in [0.05, 0.1) is 11.2 Å². The van der Waals surface area contributed by atoms with E-state index in [0.717, 1.165) is 13.1 Å². The van der Waals surface area contributed by atoms with Crippen molar-refractivity contribution in [1.29, 1.82) is 0 Å². The zero-order valence-electron chi connectivity index (χ0n) is 11.4. The van der Waals surface area contributed by atoms with Crippen LogP contribution >= 0.6 is 0 Å². The number of morpholine rings is 1. The standard InChI is InChI=1S/C12H24N2O3/c1-11(2)7-14(8-12(3,4)17-11)6-9(13-5)10(15)16/h9,13H,6-8H2,1-5H3,(H,15,16). The summed E-state index contributed by atoms with van der Waals surface area (Å²) in [6.07, 6.45) is 0. The van der Waals surface area contributed by atoms with Crippen molar-refractivity contribution in [2.75, 3.05) is 26.7 Å². The fraction of sp³-hybridized carbons (Fsp3) is 0.917. The van der Waals surface area contributed by atoms with Crippen molar-refractivity contribution in [1.82, 2.24) is 10.2 Å². The summed E-state index contributed by atoms with van der Waals surface area (Å²) in [5.74, 6) is -0.811. The maximum atomic E-state index is 11.0. The van der Waals surface area contributed by atoms with E-state index in [9.17, 15) is 4.79 Å². The normalized spacial score (nSPS) is 25.5. The number of carboxylic acids is 1. The molecule has 2 N–H and O–H groups in total. The van der Waals surface area contributed by atoms with E-state index in [-0.39, 0.29) is 11.2 Å². The van der Waals surface area contributed by atoms with Crippen LogP contribution in [0.2, 0.25) is 0 Å². The number of aliphatic carboxylic acids is 1. The van der Waals surface area contributed by atoms with Crippen LogP contribution in [0.4, 0.5) is 0 Å². The third-order valence-electron chi connectivity index (χ3n) is 2.85. The van der Waals surface area contributed by atoms with Crippen LogP contribution in [0, 0.1) is 0 Å². The Morgan fingerprint density at radius 2 is 1.82 bits per heavy atom. The molecule has 1 saturated heterocycles. The van der Waals surface area contributed by atoms with E-state index in [1.807, 2.05) is 27.7 Å². The average molecular weight is 244 g/mol. The lowest BCUT2D eigenvalue weighted by Crippen LogP contribution is -2.59. The molecule has 5 heteroatoms. The van der Waals surface area contributed by atoms with Gasteiger partial charge < -0.3 is 15.2 Å². The third-order valence-corrected chi connectivity index (χ3v) is 2.85. The van der Waals surface area contributed by atoms with Crippen LogP contribution in [0.1, 0.15) is 27.7 Å². The molecular weight excluding hydrogens is 220 g/mol. The van der Waals surface area contributed by atoms with Gasteiger partial charge >= 0.3 is 5.97 Å². The number of ether oxygens (including phenoxy) is 1. The van der Waals surface area contributed by atoms with Crippen LogP contribution in [-0.4, -0.2) is 59.9 Å². The van der Waals surface area contributed by atoms with Gasteiger partial charge in [-0.05, 0) is 34.7 Å². The molecule has 100 valence electrons. The van der Waals surface area contributed by atoms with E-state index >= 15 is 0 Å². The smallest absolute Gasteiger partial charge is 0.322 e. The molecule has 0 bridgehead atoms. The lowest BCUT2D eigenvalue weighted by atomic mass is 9.98. The largest absolute Gasteiger partial charge is 0.480 e. The Hall–Kier alpha value is -0.650. The number of carbonyl (C=O) groups is 1. The highest BCUT2D eigenvalue weighted by atomic mass is 16.5. The minimum atomic E-state index is -0.811. The summed E-state index contributed by atoms with van der Waals surface area (Å²) in [4.78, 5) is 13.2. The van der Waals surface area contributed by atoms with Gasteiger partial charge in [0.15, 0.2) is 0 Å². The monoisotopic (exact) mass is 244 g/mol. The molecule has 1 unspecified atom stereocenters. The molecule has 0 aromatic heterocycles. The van der Waals surface area contributed by atoms with Gasteiger partial charge in [-0.15, -0.1) is 0 Å². The minimum absolute atomic E-state index is 0.238. The van der Waals surface area contributed by atoms with E-state index in [2.05, 4.69) is 10.2 Å². The summed E-state index contributed by atoms with van der Waals surface area (Å²) < 4.78 is 5.96. The molecule has 0 amide bonds. The Morgan fingerprint density at radius 1 is 1.35 bits per heavy atom. The van der Waals surface area contributed by atoms with Crippen LogP contribution < -0.4 is 5.32 Å². The van der Waals surface area contributed by atoms with Crippen molar-refractivity contribution >= 4 is 5.97 Å². The Balaban J connectivity index is 2.68. The van der Waals surface area contributed by atoms with Crippen molar-refractivity contribution in [3.63, 3.8) is 0 Å². The first-order valence-corrected chi connectivity index (χ1v) is 5.98. The van der Waals surface area contributed by atoms with E-state index < -0.39 is 12.0 Å². The van der Waals surface area contributed by atoms with E-state index in [0.29, 0.717) is 6.54 Å². The Kier molecular flexibility index (Phi) is 4.17. The van der Waals surface area contributed by atoms with Gasteiger partial charge in [-0.1, -0.05) is 0 Å². The minimum Gasteiger partial charge on any atom is -0.480 e. The summed E-state index contributed by atoms with van der Waals surface area (Å²) in [6.45, 7) is 10.2. The predicted molar refractivity (Wildman–Crippen MR) is 66.2 cm³/mol. The topological polar surface area (TPSA) is 61.8 Å². The molecule has 1 fully saturated rings. The van der Waals surface area contributed by atoms with E-state index in [1.54, 1.807) is 7.05 Å². The molecule has 1 aliphatic heterocycles. The first kappa shape index (κ1) is 14.4. The zero-order valence-corrected chi connectivity index (χ0v) is 11.4. The fourth-order valence-electron chi connectivity index (χ4n) is 2.63. The average Bonchev–Trinajstić information content (AvgIpc) is 2.08. The van der Waals surface area contributed by atoms with Gasteiger partial charge in [-0.25, -0.2) is 0 Å². The molecule has 17 heavy (non-hydrogen) atoms. The van der Waals surface area contributed by atoms with Gasteiger partial charge in [-0.3, -0.25) is 9.69 Å². The number of rotatable bonds is 4. The predicted octanol–water partition coefficient (Wildman–Crippen LogP) is 0.548. The molecule has 0 aromatic rings. The second-order valence-electron chi connectivity index (χ2n) is 5.97. The first-order chi connectivity index (χ1) is 7.65. The fourth-order valence-corrected chi connectivity index (χ4v) is 2.63. The second-order valence-corrected chi connectivity index (χ2v) is 5.97. The molecule has 0 saturated carbocycles. The van der Waals surface area contributed by atoms with Crippen LogP contribution in [0.25, 0.3) is 0 Å². The van der Waals surface area contributed by atoms with Crippen LogP contribution in [0.15, 0.2) is 0 Å². The number of nitrogens with zero attached hydrogens (tertiary/aromatic N) is 1. The molecule has 0 spiro atoms. The second kappa shape index (κ2) is 4.92.